The molecule has 4 nitrogen and oxygen atoms in total. The number of thiazole rings is 1. The SMILES string of the molecule is Cc1ncc(CC(N)C(N)=O)s1. The molecule has 1 unspecified atom stereocenters. The fourth-order valence-electron chi connectivity index (χ4n) is 0.817. The average molecular weight is 185 g/mol. The predicted octanol–water partition coefficient (Wildman–Crippen LogP) is -0.193. The van der Waals surface area contributed by atoms with E-state index in [1.54, 1.807) is 6.20 Å². The quantitative estimate of drug-likeness (QED) is 0.684. The monoisotopic (exact) mass is 185 g/mol. The lowest BCUT2D eigenvalue weighted by molar-refractivity contribution is -0.119. The Morgan fingerprint density at radius 3 is 2.92 bits per heavy atom. The summed E-state index contributed by atoms with van der Waals surface area (Å²) in [6, 6.07) is -0.593. The van der Waals surface area contributed by atoms with Gasteiger partial charge < -0.3 is 11.5 Å². The van der Waals surface area contributed by atoms with Crippen LogP contribution in [0, 0.1) is 6.92 Å². The molecule has 0 radical (unpaired) electrons. The highest BCUT2D eigenvalue weighted by atomic mass is 32.1. The van der Waals surface area contributed by atoms with Crippen molar-refractivity contribution in [3.05, 3.63) is 16.1 Å². The van der Waals surface area contributed by atoms with Crippen molar-refractivity contribution in [1.82, 2.24) is 4.98 Å². The summed E-state index contributed by atoms with van der Waals surface area (Å²) in [6.45, 7) is 1.91. The molecule has 0 aromatic carbocycles. The van der Waals surface area contributed by atoms with Crippen LogP contribution in [0.25, 0.3) is 0 Å². The fourth-order valence-corrected chi connectivity index (χ4v) is 1.67. The summed E-state index contributed by atoms with van der Waals surface area (Å²) in [6.07, 6.45) is 2.21. The van der Waals surface area contributed by atoms with Crippen molar-refractivity contribution in [3.63, 3.8) is 0 Å². The molecule has 1 aromatic rings. The minimum absolute atomic E-state index is 0.471. The van der Waals surface area contributed by atoms with Crippen LogP contribution in [0.15, 0.2) is 6.20 Å². The molecular formula is C7H11N3OS. The standard InChI is InChI=1S/C7H11N3OS/c1-4-10-3-5(12-4)2-6(8)7(9)11/h3,6H,2,8H2,1H3,(H2,9,11). The summed E-state index contributed by atoms with van der Waals surface area (Å²) in [5.41, 5.74) is 10.5. The van der Waals surface area contributed by atoms with Gasteiger partial charge in [0, 0.05) is 17.5 Å². The minimum atomic E-state index is -0.593. The number of hydrogen-bond donors (Lipinski definition) is 2. The summed E-state index contributed by atoms with van der Waals surface area (Å²) in [5.74, 6) is -0.471. The second-order valence-corrected chi connectivity index (χ2v) is 3.88. The minimum Gasteiger partial charge on any atom is -0.368 e. The summed E-state index contributed by atoms with van der Waals surface area (Å²) in [4.78, 5) is 15.6. The van der Waals surface area contributed by atoms with Crippen LogP contribution in [-0.2, 0) is 11.2 Å². The first-order chi connectivity index (χ1) is 5.59. The van der Waals surface area contributed by atoms with Crippen molar-refractivity contribution in [2.75, 3.05) is 0 Å². The Kier molecular flexibility index (Phi) is 2.78. The van der Waals surface area contributed by atoms with Crippen LogP contribution in [0.5, 0.6) is 0 Å². The lowest BCUT2D eigenvalue weighted by Crippen LogP contribution is -2.37. The molecule has 0 fully saturated rings. The highest BCUT2D eigenvalue weighted by molar-refractivity contribution is 7.11. The number of carbonyl (C=O) groups is 1. The van der Waals surface area contributed by atoms with Gasteiger partial charge in [0.25, 0.3) is 0 Å². The topological polar surface area (TPSA) is 82.0 Å². The first-order valence-electron chi connectivity index (χ1n) is 3.56. The van der Waals surface area contributed by atoms with Crippen LogP contribution in [0.2, 0.25) is 0 Å². The van der Waals surface area contributed by atoms with Crippen LogP contribution in [0.3, 0.4) is 0 Å². The molecular weight excluding hydrogens is 174 g/mol. The maximum absolute atomic E-state index is 10.6. The van der Waals surface area contributed by atoms with E-state index >= 15 is 0 Å². The zero-order valence-corrected chi connectivity index (χ0v) is 7.60. The van der Waals surface area contributed by atoms with Gasteiger partial charge in [-0.05, 0) is 6.92 Å². The molecule has 0 aliphatic heterocycles. The third-order valence-corrected chi connectivity index (χ3v) is 2.39. The van der Waals surface area contributed by atoms with E-state index < -0.39 is 11.9 Å². The molecule has 0 bridgehead atoms. The number of nitrogens with zero attached hydrogens (tertiary/aromatic N) is 1. The van der Waals surface area contributed by atoms with Crippen LogP contribution < -0.4 is 11.5 Å². The van der Waals surface area contributed by atoms with Gasteiger partial charge in [0.1, 0.15) is 0 Å². The molecule has 0 aliphatic carbocycles. The molecule has 1 rings (SSSR count). The van der Waals surface area contributed by atoms with Gasteiger partial charge in [0.15, 0.2) is 0 Å². The number of carbonyl (C=O) groups excluding carboxylic acids is 1. The average Bonchev–Trinajstić information content (AvgIpc) is 2.35. The smallest absolute Gasteiger partial charge is 0.234 e. The van der Waals surface area contributed by atoms with Crippen LogP contribution >= 0.6 is 11.3 Å². The summed E-state index contributed by atoms with van der Waals surface area (Å²) in [5, 5.41) is 0.974. The molecule has 12 heavy (non-hydrogen) atoms. The zero-order chi connectivity index (χ0) is 9.14. The summed E-state index contributed by atoms with van der Waals surface area (Å²) in [7, 11) is 0. The van der Waals surface area contributed by atoms with E-state index in [0.717, 1.165) is 9.88 Å². The summed E-state index contributed by atoms with van der Waals surface area (Å²) >= 11 is 1.53. The summed E-state index contributed by atoms with van der Waals surface area (Å²) < 4.78 is 0. The van der Waals surface area contributed by atoms with E-state index in [1.807, 2.05) is 6.92 Å². The zero-order valence-electron chi connectivity index (χ0n) is 6.78. The van der Waals surface area contributed by atoms with Crippen molar-refractivity contribution in [1.29, 1.82) is 0 Å². The maximum Gasteiger partial charge on any atom is 0.234 e. The fraction of sp³-hybridized carbons (Fsp3) is 0.429. The molecule has 1 aromatic heterocycles. The molecule has 4 N–H and O–H groups in total. The maximum atomic E-state index is 10.6. The number of aromatic nitrogens is 1. The van der Waals surface area contributed by atoms with Crippen LogP contribution in [-0.4, -0.2) is 16.9 Å². The van der Waals surface area contributed by atoms with Gasteiger partial charge in [0.05, 0.1) is 11.0 Å². The van der Waals surface area contributed by atoms with Crippen molar-refractivity contribution < 1.29 is 4.79 Å². The molecule has 1 heterocycles. The van der Waals surface area contributed by atoms with Gasteiger partial charge in [-0.3, -0.25) is 4.79 Å². The van der Waals surface area contributed by atoms with Crippen molar-refractivity contribution in [3.8, 4) is 0 Å². The second-order valence-electron chi connectivity index (χ2n) is 2.56. The van der Waals surface area contributed by atoms with E-state index in [4.69, 9.17) is 11.5 Å². The first kappa shape index (κ1) is 9.15. The van der Waals surface area contributed by atoms with Crippen LogP contribution in [0.4, 0.5) is 0 Å². The highest BCUT2D eigenvalue weighted by Crippen LogP contribution is 2.12. The van der Waals surface area contributed by atoms with Crippen molar-refractivity contribution in [2.24, 2.45) is 11.5 Å². The van der Waals surface area contributed by atoms with Crippen LogP contribution in [0.1, 0.15) is 9.88 Å². The molecule has 0 aliphatic rings. The number of aryl methyl sites for hydroxylation is 1. The first-order valence-corrected chi connectivity index (χ1v) is 4.37. The molecule has 0 spiro atoms. The number of amides is 1. The van der Waals surface area contributed by atoms with E-state index in [2.05, 4.69) is 4.98 Å². The Morgan fingerprint density at radius 2 is 2.50 bits per heavy atom. The molecule has 66 valence electrons. The molecule has 0 saturated heterocycles. The van der Waals surface area contributed by atoms with Gasteiger partial charge in [-0.25, -0.2) is 4.98 Å². The number of nitrogens with two attached hydrogens (primary N) is 2. The third-order valence-electron chi connectivity index (χ3n) is 1.46. The van der Waals surface area contributed by atoms with E-state index in [9.17, 15) is 4.79 Å². The molecule has 5 heteroatoms. The van der Waals surface area contributed by atoms with E-state index in [1.165, 1.54) is 11.3 Å². The normalized spacial score (nSPS) is 12.8. The van der Waals surface area contributed by atoms with Crippen molar-refractivity contribution in [2.45, 2.75) is 19.4 Å². The predicted molar refractivity (Wildman–Crippen MR) is 47.7 cm³/mol. The van der Waals surface area contributed by atoms with Gasteiger partial charge in [-0.2, -0.15) is 0 Å². The van der Waals surface area contributed by atoms with Gasteiger partial charge in [-0.15, -0.1) is 11.3 Å². The molecule has 1 atom stereocenters. The molecule has 0 saturated carbocycles. The Labute approximate surface area is 74.6 Å². The number of hydrogen-bond acceptors (Lipinski definition) is 4. The lowest BCUT2D eigenvalue weighted by atomic mass is 10.2. The van der Waals surface area contributed by atoms with Gasteiger partial charge >= 0.3 is 0 Å². The van der Waals surface area contributed by atoms with Gasteiger partial charge in [0.2, 0.25) is 5.91 Å². The molecule has 1 amide bonds. The van der Waals surface area contributed by atoms with E-state index in [0.29, 0.717) is 6.42 Å². The lowest BCUT2D eigenvalue weighted by Gasteiger charge is -2.03. The second kappa shape index (κ2) is 3.64. The largest absolute Gasteiger partial charge is 0.368 e. The Balaban J connectivity index is 2.58. The Bertz CT molecular complexity index is 284. The van der Waals surface area contributed by atoms with Crippen molar-refractivity contribution >= 4 is 17.2 Å². The Morgan fingerprint density at radius 1 is 1.83 bits per heavy atom. The van der Waals surface area contributed by atoms with E-state index in [-0.39, 0.29) is 0 Å². The Hall–Kier alpha value is -0.940. The number of primary amides is 1. The highest BCUT2D eigenvalue weighted by Gasteiger charge is 2.11. The number of rotatable bonds is 3. The third kappa shape index (κ3) is 2.28. The van der Waals surface area contributed by atoms with Gasteiger partial charge in [-0.1, -0.05) is 0 Å².